The third-order valence-corrected chi connectivity index (χ3v) is 15.3. The zero-order chi connectivity index (χ0) is 50.5. The molecular weight excluding hydrogens is 897 g/mol. The van der Waals surface area contributed by atoms with Crippen LogP contribution >= 0.6 is 0 Å². The van der Waals surface area contributed by atoms with Crippen molar-refractivity contribution in [2.45, 2.75) is 33.7 Å². The molecule has 4 heteroatoms. The van der Waals surface area contributed by atoms with Crippen molar-refractivity contribution in [3.63, 3.8) is 0 Å². The Hall–Kier alpha value is -9.48. The van der Waals surface area contributed by atoms with E-state index in [2.05, 4.69) is 243 Å². The van der Waals surface area contributed by atoms with Gasteiger partial charge < -0.3 is 9.80 Å². The molecule has 4 aliphatic carbocycles. The van der Waals surface area contributed by atoms with Crippen molar-refractivity contribution < 1.29 is 0 Å². The standard InChI is InChI=1S/C70H52N4/c1-45-18-6-11-23-54(45)51-34-40-66(60(42-51)56-25-13-8-20-47(56)3)73(63-28-16-10-22-53(63)44-71)64-38-32-49-31-37-59-65(39-33-50-30-36-58(64)69(49)70(50)59)74(68-29-17-15-27-62(68)72-5)67-41-35-52(55-24-12-7-19-46(55)2)43-61(67)57-26-14-9-21-48(57)4/h6-43,64,70H,1-4H3. The van der Waals surface area contributed by atoms with Crippen molar-refractivity contribution in [2.24, 2.45) is 5.92 Å². The van der Waals surface area contributed by atoms with Crippen molar-refractivity contribution in [1.29, 1.82) is 5.26 Å². The maximum atomic E-state index is 10.9. The molecule has 0 heterocycles. The third kappa shape index (κ3) is 7.77. The molecule has 0 fully saturated rings. The van der Waals surface area contributed by atoms with E-state index in [1.807, 2.05) is 36.4 Å². The van der Waals surface area contributed by atoms with Gasteiger partial charge in [-0.3, -0.25) is 0 Å². The SMILES string of the molecule is [C-]#[N+]c1ccccc1N(C1=C2C=CC3=C4C(=CC=C(C=C1)C24)C(N(c1ccccc1C#N)c1ccc(-c2ccccc2C)cc1-c1ccccc1C)C=C3)c1ccc(-c2ccccc2C)cc1-c1ccccc1C. The zero-order valence-electron chi connectivity index (χ0n) is 41.9. The van der Waals surface area contributed by atoms with Gasteiger partial charge in [0.15, 0.2) is 0 Å². The monoisotopic (exact) mass is 948 g/mol. The minimum atomic E-state index is -0.282. The quantitative estimate of drug-likeness (QED) is 0.128. The van der Waals surface area contributed by atoms with Crippen LogP contribution in [0.2, 0.25) is 0 Å². The summed E-state index contributed by atoms with van der Waals surface area (Å²) in [5.74, 6) is -0.106. The molecule has 0 saturated carbocycles. The summed E-state index contributed by atoms with van der Waals surface area (Å²) in [4.78, 5) is 8.89. The van der Waals surface area contributed by atoms with E-state index in [1.54, 1.807) is 0 Å². The molecule has 2 atom stereocenters. The molecular formula is C70H52N4. The van der Waals surface area contributed by atoms with Crippen molar-refractivity contribution >= 4 is 28.4 Å². The summed E-state index contributed by atoms with van der Waals surface area (Å²) in [6.45, 7) is 17.2. The van der Waals surface area contributed by atoms with Crippen molar-refractivity contribution in [1.82, 2.24) is 0 Å². The van der Waals surface area contributed by atoms with Gasteiger partial charge in [0.2, 0.25) is 5.69 Å². The first-order valence-electron chi connectivity index (χ1n) is 25.3. The first-order chi connectivity index (χ1) is 36.3. The lowest BCUT2D eigenvalue weighted by atomic mass is 9.67. The van der Waals surface area contributed by atoms with E-state index >= 15 is 0 Å². The number of hydrogen-bond acceptors (Lipinski definition) is 3. The zero-order valence-corrected chi connectivity index (χ0v) is 41.9. The van der Waals surface area contributed by atoms with E-state index in [9.17, 15) is 5.26 Å². The van der Waals surface area contributed by atoms with Gasteiger partial charge in [-0.25, -0.2) is 4.85 Å². The van der Waals surface area contributed by atoms with Gasteiger partial charge in [-0.05, 0) is 160 Å². The molecule has 74 heavy (non-hydrogen) atoms. The molecule has 352 valence electrons. The lowest BCUT2D eigenvalue weighted by Crippen LogP contribution is -2.38. The molecule has 0 spiro atoms. The van der Waals surface area contributed by atoms with Crippen LogP contribution in [0.4, 0.5) is 28.4 Å². The number of rotatable bonds is 10. The second kappa shape index (κ2) is 18.9. The van der Waals surface area contributed by atoms with Crippen LogP contribution in [0.3, 0.4) is 0 Å². The Kier molecular flexibility index (Phi) is 11.7. The third-order valence-electron chi connectivity index (χ3n) is 15.3. The summed E-state index contributed by atoms with van der Waals surface area (Å²) in [5, 5.41) is 10.9. The number of hydrogen-bond donors (Lipinski definition) is 0. The van der Waals surface area contributed by atoms with E-state index in [0.29, 0.717) is 11.3 Å². The number of allylic oxidation sites excluding steroid dienone is 10. The van der Waals surface area contributed by atoms with Gasteiger partial charge in [-0.1, -0.05) is 182 Å². The van der Waals surface area contributed by atoms with Crippen LogP contribution in [-0.4, -0.2) is 6.04 Å². The van der Waals surface area contributed by atoms with Crippen LogP contribution in [0.5, 0.6) is 0 Å². The van der Waals surface area contributed by atoms with Crippen molar-refractivity contribution in [3.05, 3.63) is 303 Å². The van der Waals surface area contributed by atoms with Gasteiger partial charge in [0.05, 0.1) is 35.2 Å². The predicted octanol–water partition coefficient (Wildman–Crippen LogP) is 18.1. The van der Waals surface area contributed by atoms with Gasteiger partial charge in [-0.15, -0.1) is 0 Å². The predicted molar refractivity (Wildman–Crippen MR) is 307 cm³/mol. The Morgan fingerprint density at radius 1 is 0.486 bits per heavy atom. The molecule has 0 radical (unpaired) electrons. The summed E-state index contributed by atoms with van der Waals surface area (Å²) in [6, 6.07) is 66.3. The van der Waals surface area contributed by atoms with Crippen LogP contribution in [0, 0.1) is 51.5 Å². The molecule has 8 aromatic carbocycles. The fraction of sp³-hybridized carbons (Fsp3) is 0.0857. The van der Waals surface area contributed by atoms with E-state index < -0.39 is 0 Å². The number of anilines is 4. The maximum Gasteiger partial charge on any atom is 0.210 e. The molecule has 0 aliphatic heterocycles. The lowest BCUT2D eigenvalue weighted by Gasteiger charge is -2.44. The van der Waals surface area contributed by atoms with Gasteiger partial charge in [0.25, 0.3) is 0 Å². The average Bonchev–Trinajstić information content (AvgIpc) is 3.47. The van der Waals surface area contributed by atoms with Crippen LogP contribution in [-0.2, 0) is 0 Å². The lowest BCUT2D eigenvalue weighted by molar-refractivity contribution is 0.773. The molecule has 2 unspecified atom stereocenters. The fourth-order valence-electron chi connectivity index (χ4n) is 11.7. The second-order valence-corrected chi connectivity index (χ2v) is 19.6. The van der Waals surface area contributed by atoms with Crippen molar-refractivity contribution in [2.75, 3.05) is 9.80 Å². The highest BCUT2D eigenvalue weighted by Gasteiger charge is 2.41. The van der Waals surface area contributed by atoms with Crippen LogP contribution < -0.4 is 9.80 Å². The molecule has 0 bridgehead atoms. The smallest absolute Gasteiger partial charge is 0.210 e. The number of nitrogens with zero attached hydrogens (tertiary/aromatic N) is 4. The second-order valence-electron chi connectivity index (χ2n) is 19.6. The minimum Gasteiger partial charge on any atom is -0.329 e. The van der Waals surface area contributed by atoms with Crippen LogP contribution in [0.1, 0.15) is 27.8 Å². The number of benzene rings is 8. The van der Waals surface area contributed by atoms with E-state index in [1.165, 1.54) is 55.7 Å². The highest BCUT2D eigenvalue weighted by atomic mass is 15.2. The minimum absolute atomic E-state index is 0.106. The number of nitriles is 1. The van der Waals surface area contributed by atoms with Crippen LogP contribution in [0.25, 0.3) is 49.4 Å². The average molecular weight is 949 g/mol. The molecule has 0 amide bonds. The normalized spacial score (nSPS) is 16.0. The summed E-state index contributed by atoms with van der Waals surface area (Å²) in [5.41, 5.74) is 25.7. The topological polar surface area (TPSA) is 34.6 Å². The highest BCUT2D eigenvalue weighted by Crippen LogP contribution is 2.54. The molecule has 4 aliphatic rings. The van der Waals surface area contributed by atoms with Crippen LogP contribution in [0.15, 0.2) is 264 Å². The summed E-state index contributed by atoms with van der Waals surface area (Å²) in [6.07, 6.45) is 18.3. The number of aryl methyl sites for hydroxylation is 4. The molecule has 0 N–H and O–H groups in total. The van der Waals surface area contributed by atoms with Gasteiger partial charge in [0, 0.05) is 28.4 Å². The van der Waals surface area contributed by atoms with E-state index in [0.717, 1.165) is 67.4 Å². The van der Waals surface area contributed by atoms with E-state index in [-0.39, 0.29) is 12.0 Å². The Balaban J connectivity index is 1.05. The van der Waals surface area contributed by atoms with E-state index in [4.69, 9.17) is 6.57 Å². The summed E-state index contributed by atoms with van der Waals surface area (Å²) in [7, 11) is 0. The molecule has 0 aromatic heterocycles. The number of para-hydroxylation sites is 3. The highest BCUT2D eigenvalue weighted by molar-refractivity contribution is 5.94. The maximum absolute atomic E-state index is 10.9. The molecule has 8 aromatic rings. The summed E-state index contributed by atoms with van der Waals surface area (Å²) < 4.78 is 0. The first-order valence-corrected chi connectivity index (χ1v) is 25.3. The van der Waals surface area contributed by atoms with Gasteiger partial charge >= 0.3 is 0 Å². The Morgan fingerprint density at radius 2 is 1.03 bits per heavy atom. The Labute approximate surface area is 435 Å². The first kappa shape index (κ1) is 45.6. The molecule has 12 rings (SSSR count). The van der Waals surface area contributed by atoms with Gasteiger partial charge in [0.1, 0.15) is 6.07 Å². The Bertz CT molecular complexity index is 3950. The van der Waals surface area contributed by atoms with Crippen molar-refractivity contribution in [3.8, 4) is 50.6 Å². The molecule has 0 saturated heterocycles. The fourth-order valence-corrected chi connectivity index (χ4v) is 11.7. The largest absolute Gasteiger partial charge is 0.329 e. The van der Waals surface area contributed by atoms with Gasteiger partial charge in [-0.2, -0.15) is 5.26 Å². The Morgan fingerprint density at radius 3 is 1.64 bits per heavy atom. The molecule has 4 nitrogen and oxygen atoms in total. The summed E-state index contributed by atoms with van der Waals surface area (Å²) >= 11 is 0.